The highest BCUT2D eigenvalue weighted by molar-refractivity contribution is 7.80. The van der Waals surface area contributed by atoms with Crippen molar-refractivity contribution in [3.8, 4) is 0 Å². The van der Waals surface area contributed by atoms with Crippen molar-refractivity contribution in [2.24, 2.45) is 11.3 Å². The zero-order valence-electron chi connectivity index (χ0n) is 5.65. The molecular weight excluding hydrogens is 116 g/mol. The summed E-state index contributed by atoms with van der Waals surface area (Å²) in [5.74, 6) is 2.05. The summed E-state index contributed by atoms with van der Waals surface area (Å²) < 4.78 is 0. The number of hydrogen-bond donors (Lipinski definition) is 1. The average Bonchev–Trinajstić information content (AvgIpc) is 2.15. The van der Waals surface area contributed by atoms with Gasteiger partial charge >= 0.3 is 0 Å². The molecule has 0 spiro atoms. The van der Waals surface area contributed by atoms with Gasteiger partial charge in [-0.15, -0.1) is 0 Å². The molecule has 1 aliphatic rings. The van der Waals surface area contributed by atoms with E-state index >= 15 is 0 Å². The van der Waals surface area contributed by atoms with Crippen molar-refractivity contribution in [3.05, 3.63) is 0 Å². The summed E-state index contributed by atoms with van der Waals surface area (Å²) in [7, 11) is 0. The first-order valence-corrected chi connectivity index (χ1v) is 3.91. The first-order chi connectivity index (χ1) is 3.67. The van der Waals surface area contributed by atoms with Crippen molar-refractivity contribution in [1.82, 2.24) is 0 Å². The van der Waals surface area contributed by atoms with Crippen LogP contribution in [0.1, 0.15) is 26.7 Å². The van der Waals surface area contributed by atoms with Crippen LogP contribution in [0.4, 0.5) is 0 Å². The third-order valence-electron chi connectivity index (χ3n) is 2.20. The van der Waals surface area contributed by atoms with Gasteiger partial charge in [0.25, 0.3) is 0 Å². The minimum atomic E-state index is 0.669. The lowest BCUT2D eigenvalue weighted by Crippen LogP contribution is -1.89. The number of rotatable bonds is 2. The Morgan fingerprint density at radius 2 is 2.12 bits per heavy atom. The summed E-state index contributed by atoms with van der Waals surface area (Å²) in [6, 6.07) is 0. The summed E-state index contributed by atoms with van der Waals surface area (Å²) >= 11 is 4.18. The second-order valence-corrected chi connectivity index (χ2v) is 3.85. The molecule has 0 aliphatic heterocycles. The smallest absolute Gasteiger partial charge is 0.00951 e. The second kappa shape index (κ2) is 1.94. The first kappa shape index (κ1) is 6.47. The van der Waals surface area contributed by atoms with E-state index in [9.17, 15) is 0 Å². The SMILES string of the molecule is CC1(C)CC1CCS. The van der Waals surface area contributed by atoms with Crippen LogP contribution in [0.3, 0.4) is 0 Å². The van der Waals surface area contributed by atoms with Gasteiger partial charge in [-0.2, -0.15) is 12.6 Å². The molecule has 0 saturated heterocycles. The van der Waals surface area contributed by atoms with Gasteiger partial charge in [-0.25, -0.2) is 0 Å². The molecule has 0 amide bonds. The van der Waals surface area contributed by atoms with Gasteiger partial charge in [0.1, 0.15) is 0 Å². The lowest BCUT2D eigenvalue weighted by Gasteiger charge is -1.98. The zero-order valence-corrected chi connectivity index (χ0v) is 6.54. The Bertz CT molecular complexity index is 86.4. The van der Waals surface area contributed by atoms with Crippen LogP contribution >= 0.6 is 12.6 Å². The van der Waals surface area contributed by atoms with Gasteiger partial charge in [-0.05, 0) is 29.9 Å². The van der Waals surface area contributed by atoms with E-state index in [0.29, 0.717) is 5.41 Å². The average molecular weight is 130 g/mol. The van der Waals surface area contributed by atoms with Crippen LogP contribution in [0.2, 0.25) is 0 Å². The maximum atomic E-state index is 4.18. The Morgan fingerprint density at radius 1 is 1.62 bits per heavy atom. The standard InChI is InChI=1S/C7H14S/c1-7(2)5-6(7)3-4-8/h6,8H,3-5H2,1-2H3. The lowest BCUT2D eigenvalue weighted by molar-refractivity contribution is 0.552. The minimum Gasteiger partial charge on any atom is -0.179 e. The second-order valence-electron chi connectivity index (χ2n) is 3.40. The van der Waals surface area contributed by atoms with Crippen molar-refractivity contribution >= 4 is 12.6 Å². The van der Waals surface area contributed by atoms with Crippen LogP contribution < -0.4 is 0 Å². The Kier molecular flexibility index (Phi) is 1.57. The van der Waals surface area contributed by atoms with Crippen LogP contribution in [0.5, 0.6) is 0 Å². The largest absolute Gasteiger partial charge is 0.179 e. The molecule has 0 nitrogen and oxygen atoms in total. The van der Waals surface area contributed by atoms with Crippen molar-refractivity contribution in [1.29, 1.82) is 0 Å². The molecule has 48 valence electrons. The van der Waals surface area contributed by atoms with Gasteiger partial charge in [-0.3, -0.25) is 0 Å². The van der Waals surface area contributed by atoms with E-state index < -0.39 is 0 Å². The van der Waals surface area contributed by atoms with Gasteiger partial charge in [0.15, 0.2) is 0 Å². The van der Waals surface area contributed by atoms with E-state index in [1.165, 1.54) is 12.8 Å². The molecule has 8 heavy (non-hydrogen) atoms. The van der Waals surface area contributed by atoms with Crippen LogP contribution in [-0.2, 0) is 0 Å². The number of hydrogen-bond acceptors (Lipinski definition) is 1. The molecule has 0 N–H and O–H groups in total. The normalized spacial score (nSPS) is 32.6. The highest BCUT2D eigenvalue weighted by Crippen LogP contribution is 2.53. The molecule has 1 atom stereocenters. The van der Waals surface area contributed by atoms with E-state index in [4.69, 9.17) is 0 Å². The first-order valence-electron chi connectivity index (χ1n) is 3.27. The van der Waals surface area contributed by atoms with Gasteiger partial charge in [0, 0.05) is 0 Å². The van der Waals surface area contributed by atoms with Crippen molar-refractivity contribution < 1.29 is 0 Å². The topological polar surface area (TPSA) is 0 Å². The van der Waals surface area contributed by atoms with Crippen LogP contribution in [-0.4, -0.2) is 5.75 Å². The molecule has 0 heterocycles. The van der Waals surface area contributed by atoms with Crippen molar-refractivity contribution in [2.75, 3.05) is 5.75 Å². The quantitative estimate of drug-likeness (QED) is 0.545. The summed E-state index contributed by atoms with van der Waals surface area (Å²) in [5.41, 5.74) is 0.669. The molecule has 0 aromatic heterocycles. The van der Waals surface area contributed by atoms with Crippen LogP contribution in [0.25, 0.3) is 0 Å². The molecule has 0 bridgehead atoms. The third kappa shape index (κ3) is 1.19. The molecule has 1 rings (SSSR count). The van der Waals surface area contributed by atoms with Gasteiger partial charge < -0.3 is 0 Å². The van der Waals surface area contributed by atoms with E-state index in [1.807, 2.05) is 0 Å². The Labute approximate surface area is 57.1 Å². The summed E-state index contributed by atoms with van der Waals surface area (Å²) in [6.45, 7) is 4.67. The molecule has 0 radical (unpaired) electrons. The molecule has 1 unspecified atom stereocenters. The maximum Gasteiger partial charge on any atom is -0.00951 e. The molecule has 0 aromatic carbocycles. The van der Waals surface area contributed by atoms with E-state index in [1.54, 1.807) is 0 Å². The molecule has 1 fully saturated rings. The fourth-order valence-corrected chi connectivity index (χ4v) is 1.54. The monoisotopic (exact) mass is 130 g/mol. The molecule has 1 saturated carbocycles. The summed E-state index contributed by atoms with van der Waals surface area (Å²) in [4.78, 5) is 0. The highest BCUT2D eigenvalue weighted by atomic mass is 32.1. The maximum absolute atomic E-state index is 4.18. The Hall–Kier alpha value is 0.350. The lowest BCUT2D eigenvalue weighted by atomic mass is 10.1. The minimum absolute atomic E-state index is 0.669. The number of thiol groups is 1. The summed E-state index contributed by atoms with van der Waals surface area (Å²) in [6.07, 6.45) is 2.74. The van der Waals surface area contributed by atoms with Crippen LogP contribution in [0, 0.1) is 11.3 Å². The predicted molar refractivity (Wildman–Crippen MR) is 40.4 cm³/mol. The van der Waals surface area contributed by atoms with Gasteiger partial charge in [0.05, 0.1) is 0 Å². The van der Waals surface area contributed by atoms with Gasteiger partial charge in [-0.1, -0.05) is 13.8 Å². The molecule has 1 heteroatoms. The van der Waals surface area contributed by atoms with Gasteiger partial charge in [0.2, 0.25) is 0 Å². The van der Waals surface area contributed by atoms with Crippen molar-refractivity contribution in [2.45, 2.75) is 26.7 Å². The molecule has 1 aliphatic carbocycles. The fraction of sp³-hybridized carbons (Fsp3) is 1.00. The third-order valence-corrected chi connectivity index (χ3v) is 2.45. The van der Waals surface area contributed by atoms with Crippen molar-refractivity contribution in [3.63, 3.8) is 0 Å². The summed E-state index contributed by atoms with van der Waals surface area (Å²) in [5, 5.41) is 0. The zero-order chi connectivity index (χ0) is 6.20. The van der Waals surface area contributed by atoms with E-state index in [0.717, 1.165) is 11.7 Å². The Morgan fingerprint density at radius 3 is 2.25 bits per heavy atom. The van der Waals surface area contributed by atoms with E-state index in [-0.39, 0.29) is 0 Å². The fourth-order valence-electron chi connectivity index (χ4n) is 1.22. The van der Waals surface area contributed by atoms with E-state index in [2.05, 4.69) is 26.5 Å². The molecular formula is C7H14S. The predicted octanol–water partition coefficient (Wildman–Crippen LogP) is 2.35. The Balaban J connectivity index is 2.17. The van der Waals surface area contributed by atoms with Crippen LogP contribution in [0.15, 0.2) is 0 Å². The highest BCUT2D eigenvalue weighted by Gasteiger charge is 2.44. The molecule has 0 aromatic rings.